The first-order valence-corrected chi connectivity index (χ1v) is 5.88. The largest absolute Gasteiger partial charge is 0.493 e. The first-order chi connectivity index (χ1) is 7.26. The number of carbonyl (C=O) groups is 1. The smallest absolute Gasteiger partial charge is 0.310 e. The van der Waals surface area contributed by atoms with Gasteiger partial charge in [0.05, 0.1) is 6.61 Å². The van der Waals surface area contributed by atoms with E-state index < -0.39 is 0 Å². The van der Waals surface area contributed by atoms with Crippen molar-refractivity contribution >= 4 is 21.9 Å². The highest BCUT2D eigenvalue weighted by Crippen LogP contribution is 2.19. The third-order valence-electron chi connectivity index (χ3n) is 1.67. The number of halogens is 1. The van der Waals surface area contributed by atoms with E-state index in [2.05, 4.69) is 15.9 Å². The molecule has 0 heterocycles. The van der Waals surface area contributed by atoms with Crippen molar-refractivity contribution in [3.8, 4) is 11.5 Å². The molecule has 1 aromatic carbocycles. The molecule has 4 heteroatoms. The third-order valence-corrected chi connectivity index (χ3v) is 2.00. The molecule has 1 aromatic rings. The first kappa shape index (κ1) is 12.0. The van der Waals surface area contributed by atoms with E-state index in [-0.39, 0.29) is 5.97 Å². The van der Waals surface area contributed by atoms with Crippen LogP contribution in [0, 0.1) is 0 Å². The fraction of sp³-hybridized carbons (Fsp3) is 0.364. The van der Waals surface area contributed by atoms with Gasteiger partial charge in [-0.3, -0.25) is 4.79 Å². The molecule has 0 spiro atoms. The van der Waals surface area contributed by atoms with Crippen molar-refractivity contribution in [2.45, 2.75) is 13.3 Å². The van der Waals surface area contributed by atoms with Gasteiger partial charge in [-0.2, -0.15) is 0 Å². The van der Waals surface area contributed by atoms with Crippen LogP contribution in [0.2, 0.25) is 0 Å². The van der Waals surface area contributed by atoms with Crippen LogP contribution in [0.5, 0.6) is 11.5 Å². The topological polar surface area (TPSA) is 35.5 Å². The summed E-state index contributed by atoms with van der Waals surface area (Å²) in [6.45, 7) is 2.35. The van der Waals surface area contributed by atoms with Crippen molar-refractivity contribution in [2.24, 2.45) is 0 Å². The van der Waals surface area contributed by atoms with Gasteiger partial charge in [-0.1, -0.05) is 28.9 Å². The zero-order valence-corrected chi connectivity index (χ0v) is 10.1. The highest BCUT2D eigenvalue weighted by molar-refractivity contribution is 9.09. The lowest BCUT2D eigenvalue weighted by Gasteiger charge is -2.06. The molecule has 0 saturated heterocycles. The van der Waals surface area contributed by atoms with Gasteiger partial charge in [-0.25, -0.2) is 0 Å². The lowest BCUT2D eigenvalue weighted by Crippen LogP contribution is -2.05. The predicted molar refractivity (Wildman–Crippen MR) is 61.7 cm³/mol. The average molecular weight is 273 g/mol. The molecule has 0 bridgehead atoms. The van der Waals surface area contributed by atoms with Gasteiger partial charge in [-0.05, 0) is 12.1 Å². The highest BCUT2D eigenvalue weighted by Gasteiger charge is 2.02. The number of benzene rings is 1. The summed E-state index contributed by atoms with van der Waals surface area (Å²) in [6, 6.07) is 7.05. The van der Waals surface area contributed by atoms with Crippen LogP contribution in [0.25, 0.3) is 0 Å². The number of alkyl halides is 1. The van der Waals surface area contributed by atoms with Crippen LogP contribution in [-0.2, 0) is 4.79 Å². The van der Waals surface area contributed by atoms with E-state index in [0.29, 0.717) is 24.5 Å². The molecule has 0 unspecified atom stereocenters. The van der Waals surface area contributed by atoms with Crippen molar-refractivity contribution in [1.29, 1.82) is 0 Å². The molecule has 0 aliphatic carbocycles. The molecule has 0 saturated carbocycles. The Labute approximate surface area is 97.5 Å². The molecule has 0 atom stereocenters. The molecule has 0 fully saturated rings. The summed E-state index contributed by atoms with van der Waals surface area (Å²) in [6.07, 6.45) is 0.368. The zero-order valence-electron chi connectivity index (χ0n) is 8.53. The maximum atomic E-state index is 11.0. The number of esters is 1. The Morgan fingerprint density at radius 1 is 1.40 bits per heavy atom. The van der Waals surface area contributed by atoms with Gasteiger partial charge in [0.15, 0.2) is 0 Å². The van der Waals surface area contributed by atoms with Crippen molar-refractivity contribution < 1.29 is 14.3 Å². The summed E-state index contributed by atoms with van der Waals surface area (Å²) in [5.41, 5.74) is 0. The Morgan fingerprint density at radius 3 is 2.80 bits per heavy atom. The summed E-state index contributed by atoms with van der Waals surface area (Å²) in [4.78, 5) is 11.0. The SMILES string of the molecule is CCC(=O)Oc1cccc(OCCBr)c1. The Balaban J connectivity index is 2.61. The number of ether oxygens (including phenoxy) is 2. The monoisotopic (exact) mass is 272 g/mol. The Morgan fingerprint density at radius 2 is 2.13 bits per heavy atom. The number of hydrogen-bond donors (Lipinski definition) is 0. The van der Waals surface area contributed by atoms with Crippen molar-refractivity contribution in [3.05, 3.63) is 24.3 Å². The van der Waals surface area contributed by atoms with E-state index in [1.165, 1.54) is 0 Å². The van der Waals surface area contributed by atoms with Crippen LogP contribution < -0.4 is 9.47 Å². The molecule has 0 radical (unpaired) electrons. The number of hydrogen-bond acceptors (Lipinski definition) is 3. The summed E-state index contributed by atoms with van der Waals surface area (Å²) in [7, 11) is 0. The van der Waals surface area contributed by atoms with Crippen LogP contribution in [0.4, 0.5) is 0 Å². The molecule has 3 nitrogen and oxygen atoms in total. The second kappa shape index (κ2) is 6.45. The zero-order chi connectivity index (χ0) is 11.1. The summed E-state index contributed by atoms with van der Waals surface area (Å²) in [5.74, 6) is 0.984. The summed E-state index contributed by atoms with van der Waals surface area (Å²) in [5, 5.41) is 0.770. The molecule has 0 aliphatic rings. The minimum atomic E-state index is -0.243. The molecular weight excluding hydrogens is 260 g/mol. The van der Waals surface area contributed by atoms with E-state index in [9.17, 15) is 4.79 Å². The van der Waals surface area contributed by atoms with E-state index in [4.69, 9.17) is 9.47 Å². The Hall–Kier alpha value is -1.03. The van der Waals surface area contributed by atoms with Gasteiger partial charge in [0.25, 0.3) is 0 Å². The summed E-state index contributed by atoms with van der Waals surface area (Å²) < 4.78 is 10.4. The lowest BCUT2D eigenvalue weighted by molar-refractivity contribution is -0.134. The predicted octanol–water partition coefficient (Wildman–Crippen LogP) is 2.78. The Bertz CT molecular complexity index is 325. The van der Waals surface area contributed by atoms with E-state index >= 15 is 0 Å². The van der Waals surface area contributed by atoms with E-state index in [1.807, 2.05) is 6.07 Å². The molecule has 1 rings (SSSR count). The van der Waals surface area contributed by atoms with Gasteiger partial charge in [0, 0.05) is 17.8 Å². The van der Waals surface area contributed by atoms with Gasteiger partial charge >= 0.3 is 5.97 Å². The third kappa shape index (κ3) is 4.34. The fourth-order valence-electron chi connectivity index (χ4n) is 0.988. The van der Waals surface area contributed by atoms with Crippen molar-refractivity contribution in [2.75, 3.05) is 11.9 Å². The highest BCUT2D eigenvalue weighted by atomic mass is 79.9. The van der Waals surface area contributed by atoms with Crippen LogP contribution in [0.15, 0.2) is 24.3 Å². The Kier molecular flexibility index (Phi) is 5.18. The van der Waals surface area contributed by atoms with Gasteiger partial charge in [-0.15, -0.1) is 0 Å². The normalized spacial score (nSPS) is 9.73. The second-order valence-corrected chi connectivity index (χ2v) is 3.63. The quantitative estimate of drug-likeness (QED) is 0.470. The van der Waals surface area contributed by atoms with Gasteiger partial charge < -0.3 is 9.47 Å². The molecule has 0 aromatic heterocycles. The molecular formula is C11H13BrO3. The van der Waals surface area contributed by atoms with Gasteiger partial charge in [0.2, 0.25) is 0 Å². The van der Waals surface area contributed by atoms with Crippen LogP contribution >= 0.6 is 15.9 Å². The van der Waals surface area contributed by atoms with Crippen molar-refractivity contribution in [1.82, 2.24) is 0 Å². The van der Waals surface area contributed by atoms with Crippen molar-refractivity contribution in [3.63, 3.8) is 0 Å². The lowest BCUT2D eigenvalue weighted by atomic mass is 10.3. The molecule has 82 valence electrons. The fourth-order valence-corrected chi connectivity index (χ4v) is 1.15. The van der Waals surface area contributed by atoms with Crippen LogP contribution in [-0.4, -0.2) is 17.9 Å². The minimum absolute atomic E-state index is 0.243. The second-order valence-electron chi connectivity index (χ2n) is 2.84. The minimum Gasteiger partial charge on any atom is -0.493 e. The maximum absolute atomic E-state index is 11.0. The van der Waals surface area contributed by atoms with Crippen LogP contribution in [0.1, 0.15) is 13.3 Å². The molecule has 0 N–H and O–H groups in total. The summed E-state index contributed by atoms with van der Waals surface area (Å²) >= 11 is 3.27. The first-order valence-electron chi connectivity index (χ1n) is 4.75. The molecule has 0 aliphatic heterocycles. The maximum Gasteiger partial charge on any atom is 0.310 e. The molecule has 15 heavy (non-hydrogen) atoms. The number of rotatable bonds is 5. The van der Waals surface area contributed by atoms with Crippen LogP contribution in [0.3, 0.4) is 0 Å². The molecule has 0 amide bonds. The van der Waals surface area contributed by atoms with Gasteiger partial charge in [0.1, 0.15) is 11.5 Å². The van der Waals surface area contributed by atoms with E-state index in [0.717, 1.165) is 5.33 Å². The average Bonchev–Trinajstić information content (AvgIpc) is 2.26. The number of carbonyl (C=O) groups excluding carboxylic acids is 1. The van der Waals surface area contributed by atoms with E-state index in [1.54, 1.807) is 25.1 Å². The standard InChI is InChI=1S/C11H13BrO3/c1-2-11(13)15-10-5-3-4-9(8-10)14-7-6-12/h3-5,8H,2,6-7H2,1H3.